The number of nitrogens with one attached hydrogen (secondary N) is 2. The van der Waals surface area contributed by atoms with Crippen molar-refractivity contribution in [3.05, 3.63) is 35.1 Å². The Hall–Kier alpha value is -1.58. The van der Waals surface area contributed by atoms with Crippen molar-refractivity contribution in [2.24, 2.45) is 10.7 Å². The SMILES string of the molecule is NC(=Nc1nc(NCCCCCN2CCCC2)nc(C(Cl)(Cl)Cl)n1)Nc1ccc(Cl)cc1. The smallest absolute Gasteiger partial charge is 0.257 e. The van der Waals surface area contributed by atoms with Crippen LogP contribution in [-0.4, -0.2) is 52.0 Å². The van der Waals surface area contributed by atoms with Crippen LogP contribution in [0.25, 0.3) is 0 Å². The van der Waals surface area contributed by atoms with Gasteiger partial charge in [0.2, 0.25) is 15.7 Å². The maximum absolute atomic E-state index is 5.99. The Morgan fingerprint density at radius 1 is 1.03 bits per heavy atom. The minimum Gasteiger partial charge on any atom is -0.369 e. The first-order chi connectivity index (χ1) is 15.3. The molecule has 1 aromatic carbocycles. The second-order valence-corrected chi connectivity index (χ2v) is 10.2. The first kappa shape index (κ1) is 25.1. The van der Waals surface area contributed by atoms with E-state index in [1.807, 2.05) is 0 Å². The molecule has 1 saturated heterocycles. The van der Waals surface area contributed by atoms with E-state index in [0.29, 0.717) is 17.3 Å². The topological polar surface area (TPSA) is 104 Å². The van der Waals surface area contributed by atoms with E-state index in [4.69, 9.17) is 52.1 Å². The van der Waals surface area contributed by atoms with E-state index in [9.17, 15) is 0 Å². The van der Waals surface area contributed by atoms with Gasteiger partial charge in [-0.15, -0.1) is 0 Å². The quantitative estimate of drug-likeness (QED) is 0.183. The summed E-state index contributed by atoms with van der Waals surface area (Å²) in [7, 11) is 0. The predicted octanol–water partition coefficient (Wildman–Crippen LogP) is 5.09. The molecule has 1 aliphatic rings. The molecule has 3 rings (SSSR count). The van der Waals surface area contributed by atoms with Crippen LogP contribution in [0.4, 0.5) is 17.6 Å². The van der Waals surface area contributed by atoms with Crippen molar-refractivity contribution in [3.63, 3.8) is 0 Å². The molecule has 8 nitrogen and oxygen atoms in total. The molecule has 0 spiro atoms. The second kappa shape index (κ2) is 12.0. The number of hydrogen-bond donors (Lipinski definition) is 3. The third kappa shape index (κ3) is 8.41. The first-order valence-electron chi connectivity index (χ1n) is 10.5. The molecule has 0 amide bonds. The minimum absolute atomic E-state index is 0.0248. The highest BCUT2D eigenvalue weighted by Gasteiger charge is 2.28. The molecule has 1 fully saturated rings. The lowest BCUT2D eigenvalue weighted by Crippen LogP contribution is -2.22. The van der Waals surface area contributed by atoms with Crippen LogP contribution in [0.1, 0.15) is 37.9 Å². The van der Waals surface area contributed by atoms with Gasteiger partial charge in [0.1, 0.15) is 0 Å². The van der Waals surface area contributed by atoms with Gasteiger partial charge in [0, 0.05) is 17.3 Å². The van der Waals surface area contributed by atoms with Crippen LogP contribution in [0.2, 0.25) is 5.02 Å². The number of nitrogens with two attached hydrogens (primary N) is 1. The number of aliphatic imine (C=N–C) groups is 1. The van der Waals surface area contributed by atoms with Crippen molar-refractivity contribution in [1.29, 1.82) is 0 Å². The number of halogens is 4. The summed E-state index contributed by atoms with van der Waals surface area (Å²) in [5.41, 5.74) is 6.68. The fourth-order valence-corrected chi connectivity index (χ4v) is 3.66. The molecule has 1 aliphatic heterocycles. The van der Waals surface area contributed by atoms with Crippen molar-refractivity contribution < 1.29 is 0 Å². The van der Waals surface area contributed by atoms with E-state index in [1.54, 1.807) is 24.3 Å². The molecule has 0 radical (unpaired) electrons. The van der Waals surface area contributed by atoms with Gasteiger partial charge in [0.15, 0.2) is 5.82 Å². The maximum Gasteiger partial charge on any atom is 0.257 e. The Morgan fingerprint density at radius 3 is 2.44 bits per heavy atom. The number of hydrogen-bond acceptors (Lipinski definition) is 6. The number of guanidine groups is 1. The summed E-state index contributed by atoms with van der Waals surface area (Å²) in [5, 5.41) is 6.70. The summed E-state index contributed by atoms with van der Waals surface area (Å²) in [4.78, 5) is 19.3. The van der Waals surface area contributed by atoms with E-state index < -0.39 is 3.79 Å². The lowest BCUT2D eigenvalue weighted by atomic mass is 10.2. The van der Waals surface area contributed by atoms with E-state index in [1.165, 1.54) is 32.4 Å². The van der Waals surface area contributed by atoms with Crippen molar-refractivity contribution in [2.75, 3.05) is 36.8 Å². The van der Waals surface area contributed by atoms with E-state index in [0.717, 1.165) is 19.4 Å². The third-order valence-electron chi connectivity index (χ3n) is 4.85. The fourth-order valence-electron chi connectivity index (χ4n) is 3.28. The minimum atomic E-state index is -1.82. The van der Waals surface area contributed by atoms with Gasteiger partial charge in [-0.25, -0.2) is 0 Å². The van der Waals surface area contributed by atoms with Gasteiger partial charge >= 0.3 is 0 Å². The molecule has 0 atom stereocenters. The number of unbranched alkanes of at least 4 members (excludes halogenated alkanes) is 2. The van der Waals surface area contributed by atoms with E-state index in [2.05, 4.69) is 35.5 Å². The average Bonchev–Trinajstić information content (AvgIpc) is 3.25. The molecular formula is C20H26Cl4N8. The van der Waals surface area contributed by atoms with Crippen molar-refractivity contribution >= 4 is 69.9 Å². The molecule has 0 bridgehead atoms. The Labute approximate surface area is 207 Å². The van der Waals surface area contributed by atoms with Crippen molar-refractivity contribution in [1.82, 2.24) is 19.9 Å². The zero-order valence-corrected chi connectivity index (χ0v) is 20.5. The van der Waals surface area contributed by atoms with Crippen molar-refractivity contribution in [2.45, 2.75) is 35.9 Å². The van der Waals surface area contributed by atoms with Crippen LogP contribution in [-0.2, 0) is 3.79 Å². The van der Waals surface area contributed by atoms with Gasteiger partial charge in [-0.2, -0.15) is 19.9 Å². The molecule has 32 heavy (non-hydrogen) atoms. The van der Waals surface area contributed by atoms with Crippen LogP contribution in [0, 0.1) is 0 Å². The van der Waals surface area contributed by atoms with Gasteiger partial charge in [0.25, 0.3) is 5.95 Å². The summed E-state index contributed by atoms with van der Waals surface area (Å²) in [6.45, 7) is 4.29. The Balaban J connectivity index is 1.59. The van der Waals surface area contributed by atoms with Crippen molar-refractivity contribution in [3.8, 4) is 0 Å². The summed E-state index contributed by atoms with van der Waals surface area (Å²) < 4.78 is -1.82. The van der Waals surface area contributed by atoms with Gasteiger partial charge < -0.3 is 21.3 Å². The normalized spacial score (nSPS) is 15.2. The van der Waals surface area contributed by atoms with Gasteiger partial charge in [-0.1, -0.05) is 52.8 Å². The van der Waals surface area contributed by atoms with Crippen LogP contribution in [0.5, 0.6) is 0 Å². The van der Waals surface area contributed by atoms with Gasteiger partial charge in [-0.05, 0) is 69.6 Å². The zero-order chi connectivity index (χ0) is 23.0. The summed E-state index contributed by atoms with van der Waals surface area (Å²) in [6.07, 6.45) is 5.88. The van der Waals surface area contributed by atoms with Gasteiger partial charge in [0.05, 0.1) is 0 Å². The molecule has 174 valence electrons. The summed E-state index contributed by atoms with van der Waals surface area (Å²) >= 11 is 23.9. The highest BCUT2D eigenvalue weighted by molar-refractivity contribution is 6.66. The monoisotopic (exact) mass is 518 g/mol. The molecule has 2 heterocycles. The largest absolute Gasteiger partial charge is 0.369 e. The highest BCUT2D eigenvalue weighted by atomic mass is 35.6. The number of rotatable bonds is 9. The highest BCUT2D eigenvalue weighted by Crippen LogP contribution is 2.36. The standard InChI is InChI=1S/C20H26Cl4N8/c21-14-6-8-15(9-7-14)27-17(25)30-19-29-16(20(22,23)24)28-18(31-19)26-10-2-1-3-11-32-12-4-5-13-32/h6-9H,1-5,10-13H2,(H4,25,26,27,28,29,30,31). The lowest BCUT2D eigenvalue weighted by molar-refractivity contribution is 0.329. The molecule has 0 unspecified atom stereocenters. The number of nitrogens with zero attached hydrogens (tertiary/aromatic N) is 5. The molecule has 0 aliphatic carbocycles. The molecule has 2 aromatic rings. The number of alkyl halides is 3. The molecule has 12 heteroatoms. The van der Waals surface area contributed by atoms with Crippen LogP contribution in [0.3, 0.4) is 0 Å². The molecule has 0 saturated carbocycles. The van der Waals surface area contributed by atoms with Gasteiger partial charge in [-0.3, -0.25) is 0 Å². The summed E-state index contributed by atoms with van der Waals surface area (Å²) in [5.74, 6) is 0.337. The predicted molar refractivity (Wildman–Crippen MR) is 133 cm³/mol. The number of benzene rings is 1. The number of likely N-dealkylation sites (tertiary alicyclic amines) is 1. The lowest BCUT2D eigenvalue weighted by Gasteiger charge is -2.14. The first-order valence-corrected chi connectivity index (χ1v) is 12.0. The number of aromatic nitrogens is 3. The Morgan fingerprint density at radius 2 is 1.75 bits per heavy atom. The Bertz CT molecular complexity index is 895. The van der Waals surface area contributed by atoms with Crippen LogP contribution in [0.15, 0.2) is 29.3 Å². The molecular weight excluding hydrogens is 494 g/mol. The number of anilines is 2. The third-order valence-corrected chi connectivity index (χ3v) is 5.61. The van der Waals surface area contributed by atoms with E-state index in [-0.39, 0.29) is 23.7 Å². The zero-order valence-electron chi connectivity index (χ0n) is 17.5. The fraction of sp³-hybridized carbons (Fsp3) is 0.500. The van der Waals surface area contributed by atoms with Crippen LogP contribution >= 0.6 is 46.4 Å². The maximum atomic E-state index is 5.99. The second-order valence-electron chi connectivity index (χ2n) is 7.45. The average molecular weight is 520 g/mol. The molecule has 4 N–H and O–H groups in total. The molecule has 1 aromatic heterocycles. The summed E-state index contributed by atoms with van der Waals surface area (Å²) in [6, 6.07) is 6.99. The van der Waals surface area contributed by atoms with E-state index >= 15 is 0 Å². The Kier molecular flexibility index (Phi) is 9.43. The van der Waals surface area contributed by atoms with Crippen LogP contribution < -0.4 is 16.4 Å².